The molecule has 0 aliphatic rings. The van der Waals surface area contributed by atoms with Gasteiger partial charge in [0.15, 0.2) is 0 Å². The van der Waals surface area contributed by atoms with Crippen molar-refractivity contribution in [3.63, 3.8) is 0 Å². The third-order valence-electron chi connectivity index (χ3n) is 3.32. The molecule has 2 unspecified atom stereocenters. The molecular weight excluding hydrogens is 252 g/mol. The van der Waals surface area contributed by atoms with E-state index in [-0.39, 0.29) is 0 Å². The van der Waals surface area contributed by atoms with Crippen molar-refractivity contribution in [2.24, 2.45) is 5.92 Å². The van der Waals surface area contributed by atoms with E-state index in [4.69, 9.17) is 0 Å². The Morgan fingerprint density at radius 2 is 1.74 bits per heavy atom. The van der Waals surface area contributed by atoms with Gasteiger partial charge in [-0.2, -0.15) is 11.8 Å². The summed E-state index contributed by atoms with van der Waals surface area (Å²) in [5, 5.41) is 0.447. The van der Waals surface area contributed by atoms with Crippen molar-refractivity contribution in [3.8, 4) is 0 Å². The maximum Gasteiger partial charge on any atom is 0.121 e. The molecule has 0 aliphatic heterocycles. The van der Waals surface area contributed by atoms with E-state index in [1.165, 1.54) is 11.1 Å². The SMILES string of the molecule is CC(CSC(C)CC=O)Cc1ccc(C(C)C)cc1. The lowest BCUT2D eigenvalue weighted by Crippen LogP contribution is -2.07. The molecule has 1 nitrogen and oxygen atoms in total. The van der Waals surface area contributed by atoms with Crippen molar-refractivity contribution in [2.75, 3.05) is 5.75 Å². The molecule has 0 spiro atoms. The van der Waals surface area contributed by atoms with Gasteiger partial charge in [0, 0.05) is 11.7 Å². The van der Waals surface area contributed by atoms with Crippen molar-refractivity contribution in [3.05, 3.63) is 35.4 Å². The van der Waals surface area contributed by atoms with Crippen LogP contribution >= 0.6 is 11.8 Å². The number of thioether (sulfide) groups is 1. The van der Waals surface area contributed by atoms with Gasteiger partial charge in [-0.1, -0.05) is 52.0 Å². The first-order chi connectivity index (χ1) is 9.02. The first-order valence-corrected chi connectivity index (χ1v) is 8.21. The molecule has 0 heterocycles. The van der Waals surface area contributed by atoms with Crippen LogP contribution in [0.25, 0.3) is 0 Å². The van der Waals surface area contributed by atoms with Gasteiger partial charge in [-0.25, -0.2) is 0 Å². The Labute approximate surface area is 122 Å². The van der Waals surface area contributed by atoms with Crippen molar-refractivity contribution in [2.45, 2.75) is 51.7 Å². The minimum Gasteiger partial charge on any atom is -0.303 e. The summed E-state index contributed by atoms with van der Waals surface area (Å²) in [5.74, 6) is 2.39. The van der Waals surface area contributed by atoms with Gasteiger partial charge >= 0.3 is 0 Å². The van der Waals surface area contributed by atoms with Gasteiger partial charge in [0.25, 0.3) is 0 Å². The maximum atomic E-state index is 10.4. The molecule has 1 aromatic rings. The van der Waals surface area contributed by atoms with E-state index in [0.29, 0.717) is 23.5 Å². The summed E-state index contributed by atoms with van der Waals surface area (Å²) in [4.78, 5) is 10.4. The number of hydrogen-bond acceptors (Lipinski definition) is 2. The quantitative estimate of drug-likeness (QED) is 0.641. The highest BCUT2D eigenvalue weighted by molar-refractivity contribution is 7.99. The summed E-state index contributed by atoms with van der Waals surface area (Å²) in [6.07, 6.45) is 2.81. The summed E-state index contributed by atoms with van der Waals surface area (Å²) in [6, 6.07) is 9.00. The summed E-state index contributed by atoms with van der Waals surface area (Å²) >= 11 is 1.91. The van der Waals surface area contributed by atoms with Gasteiger partial charge in [0.05, 0.1) is 0 Å². The second-order valence-corrected chi connectivity index (χ2v) is 7.22. The lowest BCUT2D eigenvalue weighted by Gasteiger charge is -2.14. The predicted octanol–water partition coefficient (Wildman–Crippen LogP) is 4.70. The summed E-state index contributed by atoms with van der Waals surface area (Å²) in [7, 11) is 0. The molecule has 1 rings (SSSR count). The Balaban J connectivity index is 2.39. The van der Waals surface area contributed by atoms with Crippen LogP contribution in [0.4, 0.5) is 0 Å². The van der Waals surface area contributed by atoms with Crippen molar-refractivity contribution in [1.29, 1.82) is 0 Å². The van der Waals surface area contributed by atoms with Gasteiger partial charge in [-0.3, -0.25) is 0 Å². The average Bonchev–Trinajstić information content (AvgIpc) is 2.37. The molecule has 106 valence electrons. The van der Waals surface area contributed by atoms with Gasteiger partial charge in [0.2, 0.25) is 0 Å². The zero-order valence-corrected chi connectivity index (χ0v) is 13.4. The number of aldehydes is 1. The number of carbonyl (C=O) groups is 1. The van der Waals surface area contributed by atoms with Crippen LogP contribution in [0.3, 0.4) is 0 Å². The molecule has 0 N–H and O–H groups in total. The average molecular weight is 278 g/mol. The zero-order chi connectivity index (χ0) is 14.3. The van der Waals surface area contributed by atoms with Crippen LogP contribution in [0.5, 0.6) is 0 Å². The number of rotatable bonds is 8. The molecule has 0 saturated carbocycles. The number of hydrogen-bond donors (Lipinski definition) is 0. The fourth-order valence-electron chi connectivity index (χ4n) is 2.03. The summed E-state index contributed by atoms with van der Waals surface area (Å²) < 4.78 is 0. The largest absolute Gasteiger partial charge is 0.303 e. The van der Waals surface area contributed by atoms with Crippen molar-refractivity contribution in [1.82, 2.24) is 0 Å². The molecular formula is C17H26OS. The van der Waals surface area contributed by atoms with Crippen LogP contribution in [0.2, 0.25) is 0 Å². The van der Waals surface area contributed by atoms with Gasteiger partial charge in [-0.15, -0.1) is 0 Å². The molecule has 0 aromatic heterocycles. The molecule has 0 amide bonds. The van der Waals surface area contributed by atoms with Crippen LogP contribution in [0, 0.1) is 5.92 Å². The second-order valence-electron chi connectivity index (χ2n) is 5.75. The predicted molar refractivity (Wildman–Crippen MR) is 86.0 cm³/mol. The Hall–Kier alpha value is -0.760. The fourth-order valence-corrected chi connectivity index (χ4v) is 3.02. The van der Waals surface area contributed by atoms with E-state index in [0.717, 1.165) is 18.5 Å². The summed E-state index contributed by atoms with van der Waals surface area (Å²) in [5.41, 5.74) is 2.82. The Kier molecular flexibility index (Phi) is 7.22. The Morgan fingerprint density at radius 1 is 1.11 bits per heavy atom. The van der Waals surface area contributed by atoms with E-state index in [1.807, 2.05) is 11.8 Å². The minimum atomic E-state index is 0.447. The van der Waals surface area contributed by atoms with E-state index in [1.54, 1.807) is 0 Å². The first kappa shape index (κ1) is 16.3. The lowest BCUT2D eigenvalue weighted by atomic mass is 9.98. The normalized spacial score (nSPS) is 14.4. The molecule has 0 bridgehead atoms. The molecule has 0 radical (unpaired) electrons. The molecule has 1 aromatic carbocycles. The highest BCUT2D eigenvalue weighted by Crippen LogP contribution is 2.21. The second kappa shape index (κ2) is 8.42. The number of carbonyl (C=O) groups excluding carboxylic acids is 1. The highest BCUT2D eigenvalue weighted by atomic mass is 32.2. The van der Waals surface area contributed by atoms with Crippen LogP contribution in [-0.4, -0.2) is 17.3 Å². The molecule has 0 fully saturated rings. The molecule has 2 atom stereocenters. The number of benzene rings is 1. The molecule has 0 saturated heterocycles. The summed E-state index contributed by atoms with van der Waals surface area (Å²) in [6.45, 7) is 8.87. The zero-order valence-electron chi connectivity index (χ0n) is 12.6. The van der Waals surface area contributed by atoms with E-state index < -0.39 is 0 Å². The van der Waals surface area contributed by atoms with Crippen LogP contribution < -0.4 is 0 Å². The molecule has 2 heteroatoms. The van der Waals surface area contributed by atoms with Crippen LogP contribution in [0.1, 0.15) is 51.2 Å². The topological polar surface area (TPSA) is 17.1 Å². The standard InChI is InChI=1S/C17H26OS/c1-13(2)17-7-5-16(6-8-17)11-14(3)12-19-15(4)9-10-18/h5-8,10,13-15H,9,11-12H2,1-4H3. The third kappa shape index (κ3) is 6.29. The maximum absolute atomic E-state index is 10.4. The molecule has 0 aliphatic carbocycles. The smallest absolute Gasteiger partial charge is 0.121 e. The monoisotopic (exact) mass is 278 g/mol. The first-order valence-electron chi connectivity index (χ1n) is 7.17. The van der Waals surface area contributed by atoms with Crippen molar-refractivity contribution < 1.29 is 4.79 Å². The lowest BCUT2D eigenvalue weighted by molar-refractivity contribution is -0.107. The van der Waals surface area contributed by atoms with Gasteiger partial charge in [0.1, 0.15) is 6.29 Å². The fraction of sp³-hybridized carbons (Fsp3) is 0.588. The highest BCUT2D eigenvalue weighted by Gasteiger charge is 2.08. The van der Waals surface area contributed by atoms with Gasteiger partial charge < -0.3 is 4.79 Å². The minimum absolute atomic E-state index is 0.447. The van der Waals surface area contributed by atoms with Crippen LogP contribution in [0.15, 0.2) is 24.3 Å². The molecule has 19 heavy (non-hydrogen) atoms. The Morgan fingerprint density at radius 3 is 2.26 bits per heavy atom. The van der Waals surface area contributed by atoms with Crippen molar-refractivity contribution >= 4 is 18.0 Å². The Bertz CT molecular complexity index is 369. The third-order valence-corrected chi connectivity index (χ3v) is 4.85. The van der Waals surface area contributed by atoms with E-state index in [2.05, 4.69) is 52.0 Å². The van der Waals surface area contributed by atoms with E-state index >= 15 is 0 Å². The van der Waals surface area contributed by atoms with E-state index in [9.17, 15) is 4.79 Å². The van der Waals surface area contributed by atoms with Crippen LogP contribution in [-0.2, 0) is 11.2 Å². The van der Waals surface area contributed by atoms with Gasteiger partial charge in [-0.05, 0) is 35.1 Å².